The molecule has 5 heteroatoms. The quantitative estimate of drug-likeness (QED) is 0.793. The smallest absolute Gasteiger partial charge is 0.0678 e. The minimum absolute atomic E-state index is 0.594. The van der Waals surface area contributed by atoms with Crippen LogP contribution in [0.25, 0.3) is 0 Å². The van der Waals surface area contributed by atoms with Crippen LogP contribution in [-0.2, 0) is 13.0 Å². The van der Waals surface area contributed by atoms with E-state index < -0.39 is 0 Å². The van der Waals surface area contributed by atoms with Gasteiger partial charge in [-0.25, -0.2) is 0 Å². The zero-order chi connectivity index (χ0) is 19.3. The molecule has 1 N–H and O–H groups in total. The number of pyridine rings is 1. The number of halogens is 1. The first-order valence-corrected chi connectivity index (χ1v) is 10.6. The molecular formula is C23H29ClN4. The van der Waals surface area contributed by atoms with Crippen molar-refractivity contribution in [2.75, 3.05) is 31.1 Å². The summed E-state index contributed by atoms with van der Waals surface area (Å²) in [7, 11) is 0. The van der Waals surface area contributed by atoms with Crippen LogP contribution in [0.4, 0.5) is 5.69 Å². The zero-order valence-corrected chi connectivity index (χ0v) is 17.3. The summed E-state index contributed by atoms with van der Waals surface area (Å²) in [5.41, 5.74) is 4.85. The Kier molecular flexibility index (Phi) is 6.30. The standard InChI is InChI=1S/C23H29ClN4/c1-18-6-7-19(16-21(18)24)17-26-20-8-12-27(13-9-20)14-15-28-11-3-4-22-23(28)5-2-10-25-22/h2-3,5-7,10-11,16,20,26H,4,8-9,12-15,17H2,1H3. The lowest BCUT2D eigenvalue weighted by atomic mass is 10.0. The van der Waals surface area contributed by atoms with Crippen LogP contribution in [0.2, 0.25) is 5.02 Å². The third-order valence-electron chi connectivity index (χ3n) is 5.85. The second-order valence-electron chi connectivity index (χ2n) is 7.83. The van der Waals surface area contributed by atoms with Crippen molar-refractivity contribution >= 4 is 17.3 Å². The van der Waals surface area contributed by atoms with Crippen LogP contribution in [-0.4, -0.2) is 42.1 Å². The van der Waals surface area contributed by atoms with E-state index in [1.54, 1.807) is 0 Å². The highest BCUT2D eigenvalue weighted by Gasteiger charge is 2.20. The number of benzene rings is 1. The van der Waals surface area contributed by atoms with Gasteiger partial charge in [-0.2, -0.15) is 0 Å². The molecule has 148 valence electrons. The van der Waals surface area contributed by atoms with Gasteiger partial charge in [0, 0.05) is 49.5 Å². The second kappa shape index (κ2) is 9.08. The largest absolute Gasteiger partial charge is 0.346 e. The molecule has 0 saturated carbocycles. The number of aryl methyl sites for hydroxylation is 1. The monoisotopic (exact) mass is 396 g/mol. The molecule has 0 spiro atoms. The summed E-state index contributed by atoms with van der Waals surface area (Å²) in [4.78, 5) is 9.43. The molecule has 2 aliphatic rings. The summed E-state index contributed by atoms with van der Waals surface area (Å²) in [6, 6.07) is 11.2. The molecule has 0 atom stereocenters. The van der Waals surface area contributed by atoms with Crippen molar-refractivity contribution in [1.29, 1.82) is 0 Å². The van der Waals surface area contributed by atoms with Crippen molar-refractivity contribution in [1.82, 2.24) is 15.2 Å². The number of allylic oxidation sites excluding steroid dienone is 1. The third kappa shape index (κ3) is 4.75. The first kappa shape index (κ1) is 19.4. The van der Waals surface area contributed by atoms with E-state index in [0.29, 0.717) is 6.04 Å². The average molecular weight is 397 g/mol. The Balaban J connectivity index is 1.21. The molecule has 1 aromatic carbocycles. The molecule has 1 fully saturated rings. The van der Waals surface area contributed by atoms with Gasteiger partial charge in [-0.05, 0) is 62.2 Å². The van der Waals surface area contributed by atoms with E-state index in [-0.39, 0.29) is 0 Å². The number of aromatic nitrogens is 1. The maximum Gasteiger partial charge on any atom is 0.0678 e. The summed E-state index contributed by atoms with van der Waals surface area (Å²) in [5, 5.41) is 4.57. The maximum absolute atomic E-state index is 6.24. The van der Waals surface area contributed by atoms with Gasteiger partial charge in [0.2, 0.25) is 0 Å². The van der Waals surface area contributed by atoms with Crippen LogP contribution in [0.1, 0.15) is 29.7 Å². The van der Waals surface area contributed by atoms with Gasteiger partial charge in [-0.15, -0.1) is 0 Å². The van der Waals surface area contributed by atoms with E-state index in [2.05, 4.69) is 56.6 Å². The highest BCUT2D eigenvalue weighted by molar-refractivity contribution is 6.31. The fraction of sp³-hybridized carbons (Fsp3) is 0.435. The summed E-state index contributed by atoms with van der Waals surface area (Å²) < 4.78 is 0. The molecule has 4 rings (SSSR count). The summed E-state index contributed by atoms with van der Waals surface area (Å²) >= 11 is 6.24. The first-order chi connectivity index (χ1) is 13.7. The fourth-order valence-electron chi connectivity index (χ4n) is 4.03. The normalized spacial score (nSPS) is 17.7. The highest BCUT2D eigenvalue weighted by atomic mass is 35.5. The Morgan fingerprint density at radius 3 is 2.86 bits per heavy atom. The predicted molar refractivity (Wildman–Crippen MR) is 117 cm³/mol. The molecule has 0 aliphatic carbocycles. The maximum atomic E-state index is 6.24. The van der Waals surface area contributed by atoms with Crippen LogP contribution in [0.15, 0.2) is 48.8 Å². The molecule has 3 heterocycles. The number of fused-ring (bicyclic) bond motifs is 1. The molecule has 2 aliphatic heterocycles. The van der Waals surface area contributed by atoms with Crippen molar-refractivity contribution < 1.29 is 0 Å². The van der Waals surface area contributed by atoms with Crippen molar-refractivity contribution in [3.05, 3.63) is 70.6 Å². The molecule has 28 heavy (non-hydrogen) atoms. The fourth-order valence-corrected chi connectivity index (χ4v) is 4.24. The van der Waals surface area contributed by atoms with Crippen molar-refractivity contribution in [3.8, 4) is 0 Å². The molecule has 1 aromatic heterocycles. The van der Waals surface area contributed by atoms with Crippen LogP contribution in [0.5, 0.6) is 0 Å². The first-order valence-electron chi connectivity index (χ1n) is 10.3. The number of nitrogens with one attached hydrogen (secondary N) is 1. The van der Waals surface area contributed by atoms with E-state index in [1.807, 2.05) is 19.2 Å². The molecule has 0 amide bonds. The summed E-state index contributed by atoms with van der Waals surface area (Å²) in [6.07, 6.45) is 9.66. The van der Waals surface area contributed by atoms with Crippen molar-refractivity contribution in [2.24, 2.45) is 0 Å². The van der Waals surface area contributed by atoms with E-state index in [0.717, 1.165) is 49.7 Å². The SMILES string of the molecule is Cc1ccc(CNC2CCN(CCN3C=CCc4ncccc43)CC2)cc1Cl. The summed E-state index contributed by atoms with van der Waals surface area (Å²) in [5.74, 6) is 0. The van der Waals surface area contributed by atoms with Gasteiger partial charge in [0.15, 0.2) is 0 Å². The highest BCUT2D eigenvalue weighted by Crippen LogP contribution is 2.23. The lowest BCUT2D eigenvalue weighted by Crippen LogP contribution is -2.44. The number of piperidine rings is 1. The van der Waals surface area contributed by atoms with E-state index in [1.165, 1.54) is 29.8 Å². The van der Waals surface area contributed by atoms with Crippen LogP contribution < -0.4 is 10.2 Å². The number of nitrogens with zero attached hydrogens (tertiary/aromatic N) is 3. The molecule has 4 nitrogen and oxygen atoms in total. The molecule has 0 unspecified atom stereocenters. The number of rotatable bonds is 6. The lowest BCUT2D eigenvalue weighted by molar-refractivity contribution is 0.201. The molecule has 2 aromatic rings. The topological polar surface area (TPSA) is 31.4 Å². The Labute approximate surface area is 173 Å². The molecule has 0 bridgehead atoms. The second-order valence-corrected chi connectivity index (χ2v) is 8.24. The van der Waals surface area contributed by atoms with Crippen LogP contribution in [0.3, 0.4) is 0 Å². The Morgan fingerprint density at radius 1 is 1.18 bits per heavy atom. The number of hydrogen-bond donors (Lipinski definition) is 1. The van der Waals surface area contributed by atoms with Gasteiger partial charge in [0.25, 0.3) is 0 Å². The molecular weight excluding hydrogens is 368 g/mol. The Morgan fingerprint density at radius 2 is 2.04 bits per heavy atom. The minimum Gasteiger partial charge on any atom is -0.346 e. The van der Waals surface area contributed by atoms with Gasteiger partial charge in [0.05, 0.1) is 11.4 Å². The minimum atomic E-state index is 0.594. The summed E-state index contributed by atoms with van der Waals surface area (Å²) in [6.45, 7) is 7.37. The van der Waals surface area contributed by atoms with Gasteiger partial charge in [-0.1, -0.05) is 29.8 Å². The molecule has 0 radical (unpaired) electrons. The molecule has 1 saturated heterocycles. The number of anilines is 1. The van der Waals surface area contributed by atoms with Gasteiger partial charge in [-0.3, -0.25) is 4.98 Å². The predicted octanol–water partition coefficient (Wildman–Crippen LogP) is 4.17. The van der Waals surface area contributed by atoms with E-state index >= 15 is 0 Å². The average Bonchev–Trinajstić information content (AvgIpc) is 2.74. The van der Waals surface area contributed by atoms with Gasteiger partial charge >= 0.3 is 0 Å². The Bertz CT molecular complexity index is 827. The van der Waals surface area contributed by atoms with Gasteiger partial charge < -0.3 is 15.1 Å². The van der Waals surface area contributed by atoms with Crippen molar-refractivity contribution in [2.45, 2.75) is 38.8 Å². The zero-order valence-electron chi connectivity index (χ0n) is 16.6. The Hall–Kier alpha value is -1.88. The van der Waals surface area contributed by atoms with Crippen molar-refractivity contribution in [3.63, 3.8) is 0 Å². The van der Waals surface area contributed by atoms with Crippen LogP contribution in [0, 0.1) is 6.92 Å². The van der Waals surface area contributed by atoms with E-state index in [9.17, 15) is 0 Å². The van der Waals surface area contributed by atoms with Gasteiger partial charge in [0.1, 0.15) is 0 Å². The number of likely N-dealkylation sites (tertiary alicyclic amines) is 1. The lowest BCUT2D eigenvalue weighted by Gasteiger charge is -2.34. The van der Waals surface area contributed by atoms with E-state index in [4.69, 9.17) is 11.6 Å². The van der Waals surface area contributed by atoms with Crippen LogP contribution >= 0.6 is 11.6 Å². The number of hydrogen-bond acceptors (Lipinski definition) is 4. The third-order valence-corrected chi connectivity index (χ3v) is 6.26.